The van der Waals surface area contributed by atoms with Gasteiger partial charge in [-0.2, -0.15) is 0 Å². The second-order valence-electron chi connectivity index (χ2n) is 4.31. The first kappa shape index (κ1) is 14.8. The quantitative estimate of drug-likeness (QED) is 0.850. The monoisotopic (exact) mass is 347 g/mol. The van der Waals surface area contributed by atoms with Crippen LogP contribution in [0.25, 0.3) is 0 Å². The van der Waals surface area contributed by atoms with E-state index in [1.807, 2.05) is 6.92 Å². The van der Waals surface area contributed by atoms with Crippen LogP contribution >= 0.6 is 27.3 Å². The van der Waals surface area contributed by atoms with Crippen molar-refractivity contribution in [1.82, 2.24) is 15.3 Å². The first-order chi connectivity index (χ1) is 9.19. The number of rotatable bonds is 4. The van der Waals surface area contributed by atoms with E-state index in [9.17, 15) is 4.79 Å². The number of carbonyl (C=O) groups excluding carboxylic acids is 1. The summed E-state index contributed by atoms with van der Waals surface area (Å²) in [7, 11) is 0. The van der Waals surface area contributed by atoms with E-state index in [-0.39, 0.29) is 6.03 Å². The SMILES string of the molecule is CCONC(=O)N1CCN(Cc2ccc(Br)s2)CC1. The second kappa shape index (κ2) is 7.23. The molecule has 1 aliphatic rings. The van der Waals surface area contributed by atoms with Crippen molar-refractivity contribution in [2.45, 2.75) is 13.5 Å². The number of halogens is 1. The summed E-state index contributed by atoms with van der Waals surface area (Å²) in [6.45, 7) is 6.56. The zero-order chi connectivity index (χ0) is 13.7. The van der Waals surface area contributed by atoms with Crippen LogP contribution in [0.15, 0.2) is 15.9 Å². The number of carbonyl (C=O) groups is 1. The van der Waals surface area contributed by atoms with Crippen LogP contribution in [0, 0.1) is 0 Å². The standard InChI is InChI=1S/C12H18BrN3O2S/c1-2-18-14-12(17)16-7-5-15(6-8-16)9-10-3-4-11(13)19-10/h3-4H,2,5-9H2,1H3,(H,14,17). The minimum atomic E-state index is -0.139. The summed E-state index contributed by atoms with van der Waals surface area (Å²) in [5.74, 6) is 0. The van der Waals surface area contributed by atoms with Crippen LogP contribution in [0.2, 0.25) is 0 Å². The fraction of sp³-hybridized carbons (Fsp3) is 0.583. The van der Waals surface area contributed by atoms with Gasteiger partial charge in [0.2, 0.25) is 0 Å². The Bertz CT molecular complexity index is 419. The lowest BCUT2D eigenvalue weighted by atomic mass is 10.3. The number of hydrogen-bond acceptors (Lipinski definition) is 4. The van der Waals surface area contributed by atoms with Gasteiger partial charge in [0, 0.05) is 37.6 Å². The number of nitrogens with zero attached hydrogens (tertiary/aromatic N) is 2. The summed E-state index contributed by atoms with van der Waals surface area (Å²) in [6.07, 6.45) is 0. The molecular weight excluding hydrogens is 330 g/mol. The molecule has 19 heavy (non-hydrogen) atoms. The predicted octanol–water partition coefficient (Wildman–Crippen LogP) is 2.29. The number of urea groups is 1. The molecule has 1 aliphatic heterocycles. The van der Waals surface area contributed by atoms with Gasteiger partial charge in [-0.1, -0.05) is 0 Å². The van der Waals surface area contributed by atoms with Crippen molar-refractivity contribution in [3.8, 4) is 0 Å². The third-order valence-corrected chi connectivity index (χ3v) is 4.58. The number of hydroxylamine groups is 1. The van der Waals surface area contributed by atoms with Crippen LogP contribution in [-0.4, -0.2) is 48.6 Å². The van der Waals surface area contributed by atoms with Crippen LogP contribution in [-0.2, 0) is 11.4 Å². The van der Waals surface area contributed by atoms with Gasteiger partial charge in [-0.05, 0) is 35.0 Å². The molecule has 2 amide bonds. The van der Waals surface area contributed by atoms with Crippen molar-refractivity contribution in [3.05, 3.63) is 20.8 Å². The van der Waals surface area contributed by atoms with Crippen molar-refractivity contribution in [1.29, 1.82) is 0 Å². The summed E-state index contributed by atoms with van der Waals surface area (Å²) in [5.41, 5.74) is 2.43. The molecule has 0 aromatic carbocycles. The maximum Gasteiger partial charge on any atom is 0.341 e. The molecule has 0 bridgehead atoms. The van der Waals surface area contributed by atoms with E-state index in [0.717, 1.165) is 36.5 Å². The zero-order valence-corrected chi connectivity index (χ0v) is 13.3. The Balaban J connectivity index is 1.74. The summed E-state index contributed by atoms with van der Waals surface area (Å²) < 4.78 is 1.16. The Morgan fingerprint density at radius 3 is 2.74 bits per heavy atom. The lowest BCUT2D eigenvalue weighted by molar-refractivity contribution is 0.0467. The molecule has 1 saturated heterocycles. The maximum atomic E-state index is 11.7. The van der Waals surface area contributed by atoms with Gasteiger partial charge in [0.15, 0.2) is 0 Å². The minimum absolute atomic E-state index is 0.139. The summed E-state index contributed by atoms with van der Waals surface area (Å²) >= 11 is 5.24. The third-order valence-electron chi connectivity index (χ3n) is 2.97. The van der Waals surface area contributed by atoms with Gasteiger partial charge >= 0.3 is 6.03 Å². The number of amides is 2. The molecule has 0 atom stereocenters. The Morgan fingerprint density at radius 1 is 1.42 bits per heavy atom. The Hall–Kier alpha value is -0.630. The smallest absolute Gasteiger partial charge is 0.320 e. The highest BCUT2D eigenvalue weighted by atomic mass is 79.9. The maximum absolute atomic E-state index is 11.7. The molecule has 106 valence electrons. The van der Waals surface area contributed by atoms with Gasteiger partial charge in [-0.15, -0.1) is 11.3 Å². The molecule has 1 aromatic heterocycles. The Labute approximate surface area is 125 Å². The topological polar surface area (TPSA) is 44.8 Å². The third kappa shape index (κ3) is 4.45. The average Bonchev–Trinajstić information content (AvgIpc) is 2.82. The van der Waals surface area contributed by atoms with E-state index in [2.05, 4.69) is 38.4 Å². The minimum Gasteiger partial charge on any atom is -0.320 e. The van der Waals surface area contributed by atoms with E-state index in [1.54, 1.807) is 16.2 Å². The molecule has 2 rings (SSSR count). The average molecular weight is 348 g/mol. The number of nitrogens with one attached hydrogen (secondary N) is 1. The van der Waals surface area contributed by atoms with Gasteiger partial charge in [0.1, 0.15) is 0 Å². The summed E-state index contributed by atoms with van der Waals surface area (Å²) in [6, 6.07) is 4.08. The Morgan fingerprint density at radius 2 is 2.16 bits per heavy atom. The lowest BCUT2D eigenvalue weighted by Gasteiger charge is -2.34. The van der Waals surface area contributed by atoms with Crippen LogP contribution in [0.4, 0.5) is 4.79 Å². The molecule has 0 unspecified atom stereocenters. The molecule has 0 spiro atoms. The highest BCUT2D eigenvalue weighted by molar-refractivity contribution is 9.11. The van der Waals surface area contributed by atoms with Gasteiger partial charge in [-0.25, -0.2) is 10.3 Å². The second-order valence-corrected chi connectivity index (χ2v) is 6.86. The van der Waals surface area contributed by atoms with Crippen LogP contribution in [0.3, 0.4) is 0 Å². The van der Waals surface area contributed by atoms with E-state index in [4.69, 9.17) is 4.84 Å². The molecular formula is C12H18BrN3O2S. The number of piperazine rings is 1. The van der Waals surface area contributed by atoms with Crippen LogP contribution in [0.1, 0.15) is 11.8 Å². The Kier molecular flexibility index (Phi) is 5.62. The largest absolute Gasteiger partial charge is 0.341 e. The number of thiophene rings is 1. The predicted molar refractivity (Wildman–Crippen MR) is 79.0 cm³/mol. The van der Waals surface area contributed by atoms with Crippen molar-refractivity contribution in [3.63, 3.8) is 0 Å². The van der Waals surface area contributed by atoms with Gasteiger partial charge in [-0.3, -0.25) is 9.74 Å². The van der Waals surface area contributed by atoms with Crippen LogP contribution < -0.4 is 5.48 Å². The molecule has 7 heteroatoms. The molecule has 5 nitrogen and oxygen atoms in total. The lowest BCUT2D eigenvalue weighted by Crippen LogP contribution is -2.51. The first-order valence-electron chi connectivity index (χ1n) is 6.32. The van der Waals surface area contributed by atoms with Gasteiger partial charge < -0.3 is 4.90 Å². The van der Waals surface area contributed by atoms with Crippen molar-refractivity contribution in [2.75, 3.05) is 32.8 Å². The highest BCUT2D eigenvalue weighted by Gasteiger charge is 2.21. The van der Waals surface area contributed by atoms with E-state index < -0.39 is 0 Å². The summed E-state index contributed by atoms with van der Waals surface area (Å²) in [4.78, 5) is 22.1. The van der Waals surface area contributed by atoms with Crippen molar-refractivity contribution in [2.24, 2.45) is 0 Å². The van der Waals surface area contributed by atoms with Crippen molar-refractivity contribution >= 4 is 33.3 Å². The highest BCUT2D eigenvalue weighted by Crippen LogP contribution is 2.23. The van der Waals surface area contributed by atoms with E-state index >= 15 is 0 Å². The van der Waals surface area contributed by atoms with E-state index in [0.29, 0.717) is 6.61 Å². The molecule has 1 N–H and O–H groups in total. The van der Waals surface area contributed by atoms with E-state index in [1.165, 1.54) is 4.88 Å². The molecule has 0 saturated carbocycles. The molecule has 2 heterocycles. The van der Waals surface area contributed by atoms with Crippen LogP contribution in [0.5, 0.6) is 0 Å². The zero-order valence-electron chi connectivity index (χ0n) is 10.9. The first-order valence-corrected chi connectivity index (χ1v) is 7.93. The van der Waals surface area contributed by atoms with Gasteiger partial charge in [0.25, 0.3) is 0 Å². The molecule has 0 radical (unpaired) electrons. The fourth-order valence-electron chi connectivity index (χ4n) is 1.96. The molecule has 0 aliphatic carbocycles. The normalized spacial score (nSPS) is 16.6. The summed E-state index contributed by atoms with van der Waals surface area (Å²) in [5, 5.41) is 0. The van der Waals surface area contributed by atoms with Gasteiger partial charge in [0.05, 0.1) is 10.4 Å². The molecule has 1 fully saturated rings. The van der Waals surface area contributed by atoms with Crippen molar-refractivity contribution < 1.29 is 9.63 Å². The molecule has 1 aromatic rings. The fourth-order valence-corrected chi connectivity index (χ4v) is 3.49. The number of hydrogen-bond donors (Lipinski definition) is 1.